The van der Waals surface area contributed by atoms with Crippen LogP contribution in [0.2, 0.25) is 0 Å². The molecule has 166 valence electrons. The van der Waals surface area contributed by atoms with Gasteiger partial charge in [-0.25, -0.2) is 8.42 Å². The molecule has 31 heavy (non-hydrogen) atoms. The number of rotatable bonds is 8. The van der Waals surface area contributed by atoms with Crippen molar-refractivity contribution in [2.45, 2.75) is 30.3 Å². The third kappa shape index (κ3) is 5.46. The highest BCUT2D eigenvalue weighted by Gasteiger charge is 2.38. The molecule has 1 aliphatic heterocycles. The summed E-state index contributed by atoms with van der Waals surface area (Å²) in [6.45, 7) is 1.54. The van der Waals surface area contributed by atoms with Gasteiger partial charge in [-0.2, -0.15) is 4.31 Å². The van der Waals surface area contributed by atoms with Crippen LogP contribution in [0.4, 0.5) is 5.69 Å². The maximum atomic E-state index is 13.4. The fourth-order valence-corrected chi connectivity index (χ4v) is 5.55. The third-order valence-corrected chi connectivity index (χ3v) is 7.32. The number of methoxy groups -OCH3 is 1. The Balaban J connectivity index is 1.82. The molecular formula is C21H25N3O6S. The number of hydrogen-bond donors (Lipinski definition) is 0. The second-order valence-corrected chi connectivity index (χ2v) is 9.20. The molecule has 2 aromatic carbocycles. The highest BCUT2D eigenvalue weighted by molar-refractivity contribution is 7.89. The van der Waals surface area contributed by atoms with Crippen molar-refractivity contribution in [3.63, 3.8) is 0 Å². The molecule has 1 aliphatic rings. The van der Waals surface area contributed by atoms with Crippen LogP contribution in [-0.2, 0) is 26.1 Å². The van der Waals surface area contributed by atoms with Crippen molar-refractivity contribution in [2.75, 3.05) is 26.7 Å². The van der Waals surface area contributed by atoms with E-state index in [2.05, 4.69) is 4.90 Å². The van der Waals surface area contributed by atoms with E-state index >= 15 is 0 Å². The van der Waals surface area contributed by atoms with Gasteiger partial charge in [0.15, 0.2) is 4.90 Å². The lowest BCUT2D eigenvalue weighted by atomic mass is 10.0. The molecule has 0 unspecified atom stereocenters. The van der Waals surface area contributed by atoms with Crippen molar-refractivity contribution >= 4 is 21.7 Å². The zero-order valence-corrected chi connectivity index (χ0v) is 18.0. The molecule has 0 aliphatic carbocycles. The average Bonchev–Trinajstić information content (AvgIpc) is 2.78. The Morgan fingerprint density at radius 1 is 1.13 bits per heavy atom. The number of carbonyl (C=O) groups excluding carboxylic acids is 1. The number of benzene rings is 2. The van der Waals surface area contributed by atoms with Gasteiger partial charge in [0.2, 0.25) is 0 Å². The standard InChI is InChI=1S/C21H25N3O6S/c1-30-21(25)16-23(31(28,29)20-10-6-5-9-19(20)24(26)27)18-11-13-22(14-12-18)15-17-7-3-2-4-8-17/h2-10,18H,11-16H2,1H3. The summed E-state index contributed by atoms with van der Waals surface area (Å²) in [6.07, 6.45) is 1.01. The minimum absolute atomic E-state index is 0.421. The molecule has 1 saturated heterocycles. The van der Waals surface area contributed by atoms with Crippen LogP contribution in [0.3, 0.4) is 0 Å². The summed E-state index contributed by atoms with van der Waals surface area (Å²) in [5, 5.41) is 11.4. The quantitative estimate of drug-likeness (QED) is 0.347. The first kappa shape index (κ1) is 22.9. The lowest BCUT2D eigenvalue weighted by Gasteiger charge is -2.37. The summed E-state index contributed by atoms with van der Waals surface area (Å²) < 4.78 is 32.5. The smallest absolute Gasteiger partial charge is 0.321 e. The van der Waals surface area contributed by atoms with Gasteiger partial charge >= 0.3 is 5.97 Å². The van der Waals surface area contributed by atoms with Crippen molar-refractivity contribution in [3.05, 3.63) is 70.3 Å². The molecule has 0 bridgehead atoms. The second-order valence-electron chi connectivity index (χ2n) is 7.34. The first-order valence-corrected chi connectivity index (χ1v) is 11.4. The number of nitrogens with zero attached hydrogens (tertiary/aromatic N) is 3. The first-order valence-electron chi connectivity index (χ1n) is 9.91. The van der Waals surface area contributed by atoms with Crippen LogP contribution in [0.5, 0.6) is 0 Å². The summed E-state index contributed by atoms with van der Waals surface area (Å²) in [7, 11) is -3.10. The van der Waals surface area contributed by atoms with Gasteiger partial charge in [0, 0.05) is 31.7 Å². The number of nitro groups is 1. The van der Waals surface area contributed by atoms with E-state index in [1.54, 1.807) is 0 Å². The number of carbonyl (C=O) groups is 1. The zero-order valence-electron chi connectivity index (χ0n) is 17.2. The van der Waals surface area contributed by atoms with E-state index in [9.17, 15) is 23.3 Å². The molecule has 0 radical (unpaired) electrons. The van der Waals surface area contributed by atoms with Gasteiger partial charge < -0.3 is 4.74 Å². The highest BCUT2D eigenvalue weighted by Crippen LogP contribution is 2.30. The number of piperidine rings is 1. The number of hydrogen-bond acceptors (Lipinski definition) is 7. The van der Waals surface area contributed by atoms with Gasteiger partial charge in [0.25, 0.3) is 15.7 Å². The van der Waals surface area contributed by atoms with E-state index < -0.39 is 44.1 Å². The van der Waals surface area contributed by atoms with E-state index in [1.807, 2.05) is 30.3 Å². The SMILES string of the molecule is COC(=O)CN(C1CCN(Cc2ccccc2)CC1)S(=O)(=O)c1ccccc1[N+](=O)[O-]. The molecule has 10 heteroatoms. The summed E-state index contributed by atoms with van der Waals surface area (Å²) in [5.74, 6) is -0.714. The molecule has 2 aromatic rings. The monoisotopic (exact) mass is 447 g/mol. The summed E-state index contributed by atoms with van der Waals surface area (Å²) >= 11 is 0. The predicted octanol–water partition coefficient (Wildman–Crippen LogP) is 2.42. The fraction of sp³-hybridized carbons (Fsp3) is 0.381. The predicted molar refractivity (Wildman–Crippen MR) is 114 cm³/mol. The Morgan fingerprint density at radius 2 is 1.74 bits per heavy atom. The highest BCUT2D eigenvalue weighted by atomic mass is 32.2. The van der Waals surface area contributed by atoms with Crippen LogP contribution in [0, 0.1) is 10.1 Å². The molecule has 1 fully saturated rings. The van der Waals surface area contributed by atoms with Crippen molar-refractivity contribution in [1.82, 2.24) is 9.21 Å². The van der Waals surface area contributed by atoms with Crippen LogP contribution in [0.15, 0.2) is 59.5 Å². The average molecular weight is 448 g/mol. The van der Waals surface area contributed by atoms with Gasteiger partial charge in [-0.15, -0.1) is 0 Å². The number of likely N-dealkylation sites (tertiary alicyclic amines) is 1. The lowest BCUT2D eigenvalue weighted by Crippen LogP contribution is -2.49. The van der Waals surface area contributed by atoms with Gasteiger partial charge in [-0.05, 0) is 24.5 Å². The molecule has 0 amide bonds. The molecule has 3 rings (SSSR count). The van der Waals surface area contributed by atoms with Crippen molar-refractivity contribution < 1.29 is 22.9 Å². The first-order chi connectivity index (χ1) is 14.8. The van der Waals surface area contributed by atoms with Crippen molar-refractivity contribution in [1.29, 1.82) is 0 Å². The molecule has 0 aromatic heterocycles. The van der Waals surface area contributed by atoms with Gasteiger partial charge in [0.05, 0.1) is 12.0 Å². The normalized spacial score (nSPS) is 15.7. The summed E-state index contributed by atoms with van der Waals surface area (Å²) in [6, 6.07) is 14.7. The molecule has 9 nitrogen and oxygen atoms in total. The summed E-state index contributed by atoms with van der Waals surface area (Å²) in [5.41, 5.74) is 0.652. The third-order valence-electron chi connectivity index (χ3n) is 5.37. The lowest BCUT2D eigenvalue weighted by molar-refractivity contribution is -0.387. The minimum atomic E-state index is -4.29. The van der Waals surface area contributed by atoms with Crippen LogP contribution in [0.1, 0.15) is 18.4 Å². The van der Waals surface area contributed by atoms with Crippen LogP contribution >= 0.6 is 0 Å². The van der Waals surface area contributed by atoms with E-state index in [-0.39, 0.29) is 0 Å². The largest absolute Gasteiger partial charge is 0.468 e. The molecule has 0 saturated carbocycles. The fourth-order valence-electron chi connectivity index (χ4n) is 3.76. The van der Waals surface area contributed by atoms with Crippen LogP contribution in [-0.4, -0.2) is 61.3 Å². The zero-order chi connectivity index (χ0) is 22.4. The Hall–Kier alpha value is -2.82. The number of ether oxygens (including phenoxy) is 1. The number of esters is 1. The van der Waals surface area contributed by atoms with Crippen LogP contribution in [0.25, 0.3) is 0 Å². The molecule has 0 N–H and O–H groups in total. The number of nitro benzene ring substituents is 1. The second kappa shape index (κ2) is 9.99. The van der Waals surface area contributed by atoms with E-state index in [4.69, 9.17) is 4.74 Å². The Morgan fingerprint density at radius 3 is 2.35 bits per heavy atom. The van der Waals surface area contributed by atoms with Crippen LogP contribution < -0.4 is 0 Å². The van der Waals surface area contributed by atoms with Gasteiger partial charge in [-0.3, -0.25) is 19.8 Å². The molecule has 1 heterocycles. The topological polar surface area (TPSA) is 110 Å². The van der Waals surface area contributed by atoms with Gasteiger partial charge in [-0.1, -0.05) is 42.5 Å². The van der Waals surface area contributed by atoms with Gasteiger partial charge in [0.1, 0.15) is 6.54 Å². The molecular weight excluding hydrogens is 422 g/mol. The number of para-hydroxylation sites is 1. The van der Waals surface area contributed by atoms with Crippen molar-refractivity contribution in [2.24, 2.45) is 0 Å². The maximum Gasteiger partial charge on any atom is 0.321 e. The Bertz CT molecular complexity index is 1020. The molecule has 0 atom stereocenters. The maximum absolute atomic E-state index is 13.4. The van der Waals surface area contributed by atoms with E-state index in [1.165, 1.54) is 30.9 Å². The van der Waals surface area contributed by atoms with E-state index in [0.29, 0.717) is 25.9 Å². The van der Waals surface area contributed by atoms with Crippen molar-refractivity contribution in [3.8, 4) is 0 Å². The minimum Gasteiger partial charge on any atom is -0.468 e. The Kier molecular flexibility index (Phi) is 7.37. The molecule has 0 spiro atoms. The Labute approximate surface area is 181 Å². The summed E-state index contributed by atoms with van der Waals surface area (Å²) in [4.78, 5) is 24.5. The van der Waals surface area contributed by atoms with E-state index in [0.717, 1.165) is 16.9 Å². The number of sulfonamides is 1.